The molecule has 1 saturated carbocycles. The van der Waals surface area contributed by atoms with Crippen LogP contribution in [0.3, 0.4) is 0 Å². The van der Waals surface area contributed by atoms with Gasteiger partial charge >= 0.3 is 5.97 Å². The molecule has 1 aliphatic rings. The minimum atomic E-state index is -0.967. The van der Waals surface area contributed by atoms with Gasteiger partial charge in [-0.2, -0.15) is 0 Å². The van der Waals surface area contributed by atoms with Crippen molar-refractivity contribution in [3.63, 3.8) is 0 Å². The molecule has 2 rings (SSSR count). The van der Waals surface area contributed by atoms with Crippen molar-refractivity contribution in [3.8, 4) is 5.75 Å². The minimum absolute atomic E-state index is 0.384. The molecule has 0 bridgehead atoms. The van der Waals surface area contributed by atoms with Crippen LogP contribution in [-0.4, -0.2) is 18.2 Å². The molecule has 0 saturated heterocycles. The molecule has 1 aromatic rings. The van der Waals surface area contributed by atoms with Gasteiger partial charge in [-0.05, 0) is 43.4 Å². The number of hydrogen-bond acceptors (Lipinski definition) is 2. The molecule has 1 aliphatic carbocycles. The number of ether oxygens (including phenoxy) is 1. The number of hydrogen-bond donors (Lipinski definition) is 1. The predicted octanol–water partition coefficient (Wildman–Crippen LogP) is 3.99. The summed E-state index contributed by atoms with van der Waals surface area (Å²) in [5.74, 6) is -0.730. The van der Waals surface area contributed by atoms with Crippen LogP contribution in [0.5, 0.6) is 5.75 Å². The van der Waals surface area contributed by atoms with Gasteiger partial charge in [0.25, 0.3) is 0 Å². The molecule has 1 aromatic carbocycles. The van der Waals surface area contributed by atoms with Crippen LogP contribution in [0.4, 0.5) is 4.39 Å². The first-order chi connectivity index (χ1) is 9.97. The molecule has 0 aliphatic heterocycles. The Morgan fingerprint density at radius 2 is 2.00 bits per heavy atom. The first-order valence-corrected chi connectivity index (χ1v) is 7.57. The Balaban J connectivity index is 2.71. The molecule has 4 heteroatoms. The quantitative estimate of drug-likeness (QED) is 0.913. The van der Waals surface area contributed by atoms with Crippen LogP contribution in [0.1, 0.15) is 55.7 Å². The maximum Gasteiger partial charge on any atom is 0.314 e. The van der Waals surface area contributed by atoms with E-state index in [1.54, 1.807) is 6.92 Å². The fraction of sp³-hybridized carbons (Fsp3) is 0.588. The Kier molecular flexibility index (Phi) is 4.55. The lowest BCUT2D eigenvalue weighted by molar-refractivity contribution is -0.145. The second-order valence-corrected chi connectivity index (χ2v) is 5.84. The van der Waals surface area contributed by atoms with Gasteiger partial charge in [-0.3, -0.25) is 4.79 Å². The highest BCUT2D eigenvalue weighted by molar-refractivity contribution is 5.82. The smallest absolute Gasteiger partial charge is 0.314 e. The van der Waals surface area contributed by atoms with Crippen LogP contribution < -0.4 is 4.74 Å². The fourth-order valence-electron chi connectivity index (χ4n) is 3.59. The van der Waals surface area contributed by atoms with Gasteiger partial charge in [0.15, 0.2) is 0 Å². The van der Waals surface area contributed by atoms with Crippen molar-refractivity contribution < 1.29 is 19.0 Å². The number of aliphatic carboxylic acids is 1. The third-order valence-electron chi connectivity index (χ3n) is 4.76. The molecule has 0 amide bonds. The summed E-state index contributed by atoms with van der Waals surface area (Å²) in [7, 11) is 1.51. The van der Waals surface area contributed by atoms with Gasteiger partial charge < -0.3 is 9.84 Å². The predicted molar refractivity (Wildman–Crippen MR) is 79.5 cm³/mol. The first-order valence-electron chi connectivity index (χ1n) is 7.57. The van der Waals surface area contributed by atoms with E-state index >= 15 is 0 Å². The molecule has 0 unspecified atom stereocenters. The van der Waals surface area contributed by atoms with Gasteiger partial charge in [0.2, 0.25) is 0 Å². The van der Waals surface area contributed by atoms with Crippen LogP contribution >= 0.6 is 0 Å². The Hall–Kier alpha value is -1.58. The fourth-order valence-corrected chi connectivity index (χ4v) is 3.59. The van der Waals surface area contributed by atoms with Crippen molar-refractivity contribution in [2.75, 3.05) is 7.11 Å². The molecule has 1 fully saturated rings. The summed E-state index contributed by atoms with van der Waals surface area (Å²) in [5.41, 5.74) is 0.929. The van der Waals surface area contributed by atoms with Crippen molar-refractivity contribution >= 4 is 5.97 Å². The number of benzene rings is 1. The van der Waals surface area contributed by atoms with E-state index in [0.29, 0.717) is 36.1 Å². The van der Waals surface area contributed by atoms with E-state index < -0.39 is 11.4 Å². The summed E-state index contributed by atoms with van der Waals surface area (Å²) >= 11 is 0. The number of carboxylic acids is 1. The van der Waals surface area contributed by atoms with Crippen LogP contribution in [0, 0.1) is 12.7 Å². The molecule has 0 atom stereocenters. The van der Waals surface area contributed by atoms with E-state index in [1.807, 2.05) is 6.92 Å². The number of carboxylic acid groups (broad SMARTS) is 1. The summed E-state index contributed by atoms with van der Waals surface area (Å²) < 4.78 is 19.6. The highest BCUT2D eigenvalue weighted by Crippen LogP contribution is 2.44. The molecule has 1 N–H and O–H groups in total. The second-order valence-electron chi connectivity index (χ2n) is 5.84. The maximum absolute atomic E-state index is 14.3. The zero-order chi connectivity index (χ0) is 15.6. The van der Waals surface area contributed by atoms with E-state index in [-0.39, 0.29) is 5.82 Å². The average Bonchev–Trinajstić information content (AvgIpc) is 2.49. The number of carbonyl (C=O) groups is 1. The molecular weight excluding hydrogens is 271 g/mol. The standard InChI is InChI=1S/C17H23FO3/c1-4-12-13(10-14(18)11(2)15(12)21-3)17(16(19)20)8-6-5-7-9-17/h10H,4-9H2,1-3H3,(H,19,20). The van der Waals surface area contributed by atoms with Crippen molar-refractivity contribution in [3.05, 3.63) is 28.6 Å². The zero-order valence-corrected chi connectivity index (χ0v) is 13.0. The van der Waals surface area contributed by atoms with Gasteiger partial charge in [-0.1, -0.05) is 26.2 Å². The zero-order valence-electron chi connectivity index (χ0n) is 13.0. The third-order valence-corrected chi connectivity index (χ3v) is 4.76. The normalized spacial score (nSPS) is 17.5. The van der Waals surface area contributed by atoms with E-state index in [0.717, 1.165) is 24.8 Å². The van der Waals surface area contributed by atoms with Crippen molar-refractivity contribution in [2.45, 2.75) is 57.8 Å². The van der Waals surface area contributed by atoms with E-state index in [2.05, 4.69) is 0 Å². The SMILES string of the molecule is CCc1c(C2(C(=O)O)CCCCC2)cc(F)c(C)c1OC. The van der Waals surface area contributed by atoms with E-state index in [1.165, 1.54) is 13.2 Å². The summed E-state index contributed by atoms with van der Waals surface area (Å²) in [4.78, 5) is 12.0. The molecule has 116 valence electrons. The Morgan fingerprint density at radius 1 is 1.38 bits per heavy atom. The van der Waals surface area contributed by atoms with E-state index in [9.17, 15) is 14.3 Å². The highest BCUT2D eigenvalue weighted by atomic mass is 19.1. The Morgan fingerprint density at radius 3 is 2.48 bits per heavy atom. The molecule has 3 nitrogen and oxygen atoms in total. The topological polar surface area (TPSA) is 46.5 Å². The summed E-state index contributed by atoms with van der Waals surface area (Å²) in [6, 6.07) is 1.43. The molecule has 21 heavy (non-hydrogen) atoms. The van der Waals surface area contributed by atoms with Crippen molar-refractivity contribution in [1.82, 2.24) is 0 Å². The monoisotopic (exact) mass is 294 g/mol. The van der Waals surface area contributed by atoms with Crippen LogP contribution in [0.15, 0.2) is 6.07 Å². The van der Waals surface area contributed by atoms with Crippen LogP contribution in [0.25, 0.3) is 0 Å². The summed E-state index contributed by atoms with van der Waals surface area (Å²) in [5, 5.41) is 9.82. The lowest BCUT2D eigenvalue weighted by atomic mass is 9.67. The maximum atomic E-state index is 14.3. The molecule has 0 heterocycles. The van der Waals surface area contributed by atoms with Crippen LogP contribution in [-0.2, 0) is 16.6 Å². The molecule has 0 aromatic heterocycles. The lowest BCUT2D eigenvalue weighted by Crippen LogP contribution is -2.39. The lowest BCUT2D eigenvalue weighted by Gasteiger charge is -2.36. The van der Waals surface area contributed by atoms with Crippen molar-refractivity contribution in [1.29, 1.82) is 0 Å². The second kappa shape index (κ2) is 6.04. The summed E-state index contributed by atoms with van der Waals surface area (Å²) in [6.45, 7) is 3.63. The average molecular weight is 294 g/mol. The number of methoxy groups -OCH3 is 1. The van der Waals surface area contributed by atoms with Gasteiger partial charge in [0.1, 0.15) is 11.6 Å². The Bertz CT molecular complexity index is 545. The van der Waals surface area contributed by atoms with Gasteiger partial charge in [-0.25, -0.2) is 4.39 Å². The molecule has 0 spiro atoms. The largest absolute Gasteiger partial charge is 0.496 e. The minimum Gasteiger partial charge on any atom is -0.496 e. The number of halogens is 1. The van der Waals surface area contributed by atoms with E-state index in [4.69, 9.17) is 4.74 Å². The third kappa shape index (κ3) is 2.52. The van der Waals surface area contributed by atoms with Crippen LogP contribution in [0.2, 0.25) is 0 Å². The number of rotatable bonds is 4. The van der Waals surface area contributed by atoms with Gasteiger partial charge in [-0.15, -0.1) is 0 Å². The highest BCUT2D eigenvalue weighted by Gasteiger charge is 2.43. The van der Waals surface area contributed by atoms with Gasteiger partial charge in [0, 0.05) is 5.56 Å². The molecule has 0 radical (unpaired) electrons. The molecular formula is C17H23FO3. The Labute approximate surface area is 125 Å². The van der Waals surface area contributed by atoms with Gasteiger partial charge in [0.05, 0.1) is 12.5 Å². The summed E-state index contributed by atoms with van der Waals surface area (Å²) in [6.07, 6.45) is 4.55. The van der Waals surface area contributed by atoms with Crippen molar-refractivity contribution in [2.24, 2.45) is 0 Å². The first kappa shape index (κ1) is 15.8.